The summed E-state index contributed by atoms with van der Waals surface area (Å²) in [7, 11) is 2.86. The number of alkyl carbamates (subject to hydrolysis) is 1. The predicted octanol–water partition coefficient (Wildman–Crippen LogP) is 8.87. The number of imide groups is 1. The van der Waals surface area contributed by atoms with Crippen molar-refractivity contribution in [2.24, 2.45) is 5.73 Å². The molecule has 0 heterocycles. The average molecular weight is 1200 g/mol. The molecule has 6 rings (SSSR count). The minimum absolute atomic E-state index is 0.0461. The Balaban J connectivity index is 1.21. The monoisotopic (exact) mass is 1200 g/mol. The first-order valence-electron chi connectivity index (χ1n) is 28.2. The van der Waals surface area contributed by atoms with Gasteiger partial charge in [0.1, 0.15) is 46.3 Å². The van der Waals surface area contributed by atoms with Crippen LogP contribution in [0.25, 0.3) is 11.1 Å². The van der Waals surface area contributed by atoms with Crippen LogP contribution in [0.15, 0.2) is 140 Å². The molecule has 0 aromatic heterocycles. The van der Waals surface area contributed by atoms with Gasteiger partial charge in [0, 0.05) is 18.2 Å². The van der Waals surface area contributed by atoms with E-state index in [9.17, 15) is 38.4 Å². The molecular formula is C64H79N7O12S2. The second-order valence-corrected chi connectivity index (χ2v) is 25.9. The van der Waals surface area contributed by atoms with Gasteiger partial charge in [0.05, 0.1) is 18.9 Å². The number of fused-ring (bicyclic) bond motifs is 3. The summed E-state index contributed by atoms with van der Waals surface area (Å²) in [6, 6.07) is 39.1. The predicted molar refractivity (Wildman–Crippen MR) is 328 cm³/mol. The second kappa shape index (κ2) is 30.4. The van der Waals surface area contributed by atoms with E-state index in [0.29, 0.717) is 6.42 Å². The van der Waals surface area contributed by atoms with Gasteiger partial charge >= 0.3 is 24.1 Å². The quantitative estimate of drug-likeness (QED) is 0.00680. The lowest BCUT2D eigenvalue weighted by Crippen LogP contribution is -2.58. The molecule has 85 heavy (non-hydrogen) atoms. The first kappa shape index (κ1) is 66.4. The van der Waals surface area contributed by atoms with Crippen LogP contribution < -0.4 is 37.9 Å². The van der Waals surface area contributed by atoms with E-state index in [1.165, 1.54) is 21.6 Å². The highest BCUT2D eigenvalue weighted by atomic mass is 33.1. The molecule has 0 bridgehead atoms. The van der Waals surface area contributed by atoms with E-state index in [2.05, 4.69) is 32.1 Å². The Labute approximate surface area is 505 Å². The Morgan fingerprint density at radius 2 is 0.929 bits per heavy atom. The third-order valence-corrected chi connectivity index (χ3v) is 16.1. The number of benzene rings is 5. The number of esters is 2. The summed E-state index contributed by atoms with van der Waals surface area (Å²) in [5.41, 5.74) is 15.8. The van der Waals surface area contributed by atoms with Crippen LogP contribution in [0.5, 0.6) is 0 Å². The van der Waals surface area contributed by atoms with Gasteiger partial charge in [0.2, 0.25) is 17.7 Å². The highest BCUT2D eigenvalue weighted by Crippen LogP contribution is 2.53. The summed E-state index contributed by atoms with van der Waals surface area (Å²) in [5.74, 6) is -5.91. The number of carbonyl (C=O) groups is 8. The summed E-state index contributed by atoms with van der Waals surface area (Å²) in [5, 5.41) is 9.97. The van der Waals surface area contributed by atoms with Crippen molar-refractivity contribution < 1.29 is 57.3 Å². The number of amides is 6. The van der Waals surface area contributed by atoms with Gasteiger partial charge in [0.15, 0.2) is 0 Å². The van der Waals surface area contributed by atoms with E-state index in [1.54, 1.807) is 62.3 Å². The molecule has 0 unspecified atom stereocenters. The van der Waals surface area contributed by atoms with Crippen LogP contribution in [0.3, 0.4) is 0 Å². The van der Waals surface area contributed by atoms with Crippen LogP contribution in [0, 0.1) is 0 Å². The number of rotatable bonds is 26. The minimum atomic E-state index is -1.75. The van der Waals surface area contributed by atoms with Gasteiger partial charge in [-0.2, -0.15) is 0 Å². The van der Waals surface area contributed by atoms with Gasteiger partial charge < -0.3 is 40.6 Å². The summed E-state index contributed by atoms with van der Waals surface area (Å²) < 4.78 is 21.2. The molecule has 1 aliphatic rings. The lowest BCUT2D eigenvalue weighted by molar-refractivity contribution is -0.157. The van der Waals surface area contributed by atoms with Crippen molar-refractivity contribution in [2.45, 2.75) is 146 Å². The summed E-state index contributed by atoms with van der Waals surface area (Å²) in [6.45, 7) is 14.9. The van der Waals surface area contributed by atoms with Crippen LogP contribution in [-0.4, -0.2) is 108 Å². The molecule has 1 aliphatic carbocycles. The van der Waals surface area contributed by atoms with E-state index < -0.39 is 106 Å². The fourth-order valence-corrected chi connectivity index (χ4v) is 12.6. The number of nitrogens with two attached hydrogens (primary N) is 1. The molecule has 19 nitrogen and oxygen atoms in total. The van der Waals surface area contributed by atoms with Gasteiger partial charge in [-0.1, -0.05) is 161 Å². The zero-order chi connectivity index (χ0) is 62.0. The van der Waals surface area contributed by atoms with E-state index >= 15 is 0 Å². The van der Waals surface area contributed by atoms with Crippen molar-refractivity contribution in [3.63, 3.8) is 0 Å². The Bertz CT molecular complexity index is 2950. The van der Waals surface area contributed by atoms with Crippen LogP contribution in [0.2, 0.25) is 0 Å². The van der Waals surface area contributed by atoms with Crippen molar-refractivity contribution >= 4 is 69.3 Å². The van der Waals surface area contributed by atoms with Gasteiger partial charge in [-0.05, 0) is 121 Å². The highest BCUT2D eigenvalue weighted by Gasteiger charge is 2.39. The lowest BCUT2D eigenvalue weighted by atomic mass is 9.84. The molecule has 21 heteroatoms. The molecule has 0 saturated carbocycles. The Kier molecular flexibility index (Phi) is 23.7. The normalized spacial score (nSPS) is 13.7. The number of nitrogens with one attached hydrogen (secondary N) is 6. The van der Waals surface area contributed by atoms with Crippen LogP contribution in [-0.2, 0) is 52.5 Å². The SMILES string of the molecule is CC(C)(C)OC(=O)C[C@H](NC(=O)[C@H](CCCCNNC(=O)OC(C)(C)C)NC(=O)[C@H](CC(=O)OC(C)(C)C)NC(=O)[C@@H](N)CSSC(c1ccccc1)(c1ccccc1)c1ccccc1)C(=O)NC(=O)OCC1c2ccccc2-c2ccccc21. The molecule has 0 fully saturated rings. The zero-order valence-electron chi connectivity index (χ0n) is 49.6. The minimum Gasteiger partial charge on any atom is -0.460 e. The number of hydrazine groups is 1. The molecule has 454 valence electrons. The maximum Gasteiger partial charge on any atom is 0.422 e. The lowest BCUT2D eigenvalue weighted by Gasteiger charge is -2.35. The van der Waals surface area contributed by atoms with Crippen molar-refractivity contribution in [2.75, 3.05) is 18.9 Å². The molecule has 0 radical (unpaired) electrons. The van der Waals surface area contributed by atoms with Crippen molar-refractivity contribution in [1.29, 1.82) is 0 Å². The van der Waals surface area contributed by atoms with E-state index in [-0.39, 0.29) is 37.7 Å². The van der Waals surface area contributed by atoms with Crippen LogP contribution in [0.1, 0.15) is 128 Å². The van der Waals surface area contributed by atoms with Gasteiger partial charge in [-0.15, -0.1) is 0 Å². The largest absolute Gasteiger partial charge is 0.460 e. The van der Waals surface area contributed by atoms with Gasteiger partial charge in [0.25, 0.3) is 5.91 Å². The molecule has 8 N–H and O–H groups in total. The number of hydrogen-bond acceptors (Lipinski definition) is 16. The first-order valence-corrected chi connectivity index (χ1v) is 30.5. The maximum atomic E-state index is 14.6. The van der Waals surface area contributed by atoms with E-state index in [4.69, 9.17) is 24.7 Å². The molecular weight excluding hydrogens is 1120 g/mol. The number of ether oxygens (including phenoxy) is 4. The third kappa shape index (κ3) is 20.2. The van der Waals surface area contributed by atoms with Crippen LogP contribution >= 0.6 is 21.6 Å². The molecule has 0 aliphatic heterocycles. The standard InChI is InChI=1S/C64H79N7O12S2/c1-61(2,3)81-53(72)37-51(68-55(74)49(65)40-84-85-64(41-25-13-10-14-26-41,42-27-15-11-16-28-42)43-29-17-12-18-30-43)57(76)67-50(35-23-24-36-66-71-60(79)83-63(7,8)9)56(75)69-52(38-54(73)82-62(4,5)6)58(77)70-59(78)80-39-48-46-33-21-19-31-44(46)45-32-20-22-34-47(45)48/h10-22,25-34,48-52,66H,23-24,35-40,65H2,1-9H3,(H,67,76)(H,68,74)(H,69,75)(H,71,79)(H,70,77,78)/t49-,50-,51-,52-/m0/s1. The summed E-state index contributed by atoms with van der Waals surface area (Å²) in [4.78, 5) is 110. The number of hydrogen-bond donors (Lipinski definition) is 7. The van der Waals surface area contributed by atoms with Crippen molar-refractivity contribution in [1.82, 2.24) is 32.1 Å². The molecule has 5 aromatic carbocycles. The second-order valence-electron chi connectivity index (χ2n) is 23.4. The highest BCUT2D eigenvalue weighted by molar-refractivity contribution is 8.77. The van der Waals surface area contributed by atoms with Crippen molar-refractivity contribution in [3.8, 4) is 11.1 Å². The summed E-state index contributed by atoms with van der Waals surface area (Å²) in [6.07, 6.45) is -2.91. The maximum absolute atomic E-state index is 14.6. The summed E-state index contributed by atoms with van der Waals surface area (Å²) >= 11 is 0. The topological polar surface area (TPSA) is 272 Å². The van der Waals surface area contributed by atoms with Crippen molar-refractivity contribution in [3.05, 3.63) is 167 Å². The van der Waals surface area contributed by atoms with Gasteiger partial charge in [-0.3, -0.25) is 39.5 Å². The average Bonchev–Trinajstić information content (AvgIpc) is 4.07. The fraction of sp³-hybridized carbons (Fsp3) is 0.406. The number of unbranched alkanes of at least 4 members (excludes halogenated alkanes) is 1. The van der Waals surface area contributed by atoms with E-state index in [0.717, 1.165) is 38.9 Å². The Hall–Kier alpha value is -7.72. The Morgan fingerprint density at radius 3 is 1.41 bits per heavy atom. The zero-order valence-corrected chi connectivity index (χ0v) is 51.2. The third-order valence-electron chi connectivity index (χ3n) is 13.0. The smallest absolute Gasteiger partial charge is 0.422 e. The number of carbonyl (C=O) groups excluding carboxylic acids is 8. The fourth-order valence-electron chi connectivity index (χ4n) is 9.37. The molecule has 5 aromatic rings. The molecule has 0 spiro atoms. The van der Waals surface area contributed by atoms with E-state index in [1.807, 2.05) is 140 Å². The molecule has 6 amide bonds. The van der Waals surface area contributed by atoms with Crippen LogP contribution in [0.4, 0.5) is 9.59 Å². The molecule has 4 atom stereocenters. The Morgan fingerprint density at radius 1 is 0.506 bits per heavy atom. The molecule has 0 saturated heterocycles. The van der Waals surface area contributed by atoms with Gasteiger partial charge in [-0.25, -0.2) is 15.0 Å². The first-order chi connectivity index (χ1) is 40.2.